The van der Waals surface area contributed by atoms with Gasteiger partial charge in [0.25, 0.3) is 0 Å². The van der Waals surface area contributed by atoms with Gasteiger partial charge in [-0.15, -0.1) is 0 Å². The summed E-state index contributed by atoms with van der Waals surface area (Å²) in [7, 11) is 2.04. The molecule has 0 aromatic heterocycles. The molecule has 0 radical (unpaired) electrons. The van der Waals surface area contributed by atoms with Crippen molar-refractivity contribution >= 4 is 0 Å². The molecule has 0 fully saturated rings. The highest BCUT2D eigenvalue weighted by Crippen LogP contribution is 2.24. The van der Waals surface area contributed by atoms with Crippen molar-refractivity contribution < 1.29 is 0 Å². The van der Waals surface area contributed by atoms with Crippen LogP contribution < -0.4 is 0 Å². The molecule has 14 heavy (non-hydrogen) atoms. The Bertz CT molecular complexity index is 353. The van der Waals surface area contributed by atoms with Crippen molar-refractivity contribution in [2.75, 3.05) is 7.05 Å². The van der Waals surface area contributed by atoms with Gasteiger partial charge in [-0.1, -0.05) is 37.4 Å². The molecule has 0 N–H and O–H groups in total. The number of nitrogens with zero attached hydrogens (tertiary/aromatic N) is 1. The molecule has 0 atom stereocenters. The Balaban J connectivity index is 2.44. The average Bonchev–Trinajstić information content (AvgIpc) is 2.28. The first kappa shape index (κ1) is 9.07. The monoisotopic (exact) mass is 185 g/mol. The van der Waals surface area contributed by atoms with Gasteiger partial charge in [0.05, 0.1) is 0 Å². The fourth-order valence-corrected chi connectivity index (χ4v) is 1.80. The van der Waals surface area contributed by atoms with E-state index < -0.39 is 0 Å². The molecule has 0 saturated heterocycles. The Kier molecular flexibility index (Phi) is 2.16. The highest BCUT2D eigenvalue weighted by atomic mass is 15.1. The van der Waals surface area contributed by atoms with E-state index in [1.165, 1.54) is 11.1 Å². The molecule has 0 spiro atoms. The molecule has 1 aromatic carbocycles. The minimum absolute atomic E-state index is 0.936. The zero-order valence-corrected chi connectivity index (χ0v) is 8.59. The van der Waals surface area contributed by atoms with E-state index in [1.54, 1.807) is 0 Å². The van der Waals surface area contributed by atoms with Crippen molar-refractivity contribution in [2.45, 2.75) is 12.8 Å². The first-order valence-corrected chi connectivity index (χ1v) is 4.84. The topological polar surface area (TPSA) is 3.24 Å². The summed E-state index contributed by atoms with van der Waals surface area (Å²) in [4.78, 5) is 2.10. The van der Waals surface area contributed by atoms with E-state index in [1.807, 2.05) is 7.05 Å². The average molecular weight is 185 g/mol. The van der Waals surface area contributed by atoms with Crippen LogP contribution in [0.1, 0.15) is 11.1 Å². The zero-order chi connectivity index (χ0) is 10.1. The first-order chi connectivity index (χ1) is 6.68. The summed E-state index contributed by atoms with van der Waals surface area (Å²) in [6.07, 6.45) is 1.87. The highest BCUT2D eigenvalue weighted by molar-refractivity contribution is 5.36. The smallest absolute Gasteiger partial charge is 0.0145 e. The van der Waals surface area contributed by atoms with Crippen LogP contribution in [-0.2, 0) is 12.8 Å². The molecular formula is C13H15N. The van der Waals surface area contributed by atoms with Crippen LogP contribution >= 0.6 is 0 Å². The lowest BCUT2D eigenvalue weighted by molar-refractivity contribution is 0.507. The van der Waals surface area contributed by atoms with Gasteiger partial charge in [-0.05, 0) is 11.1 Å². The van der Waals surface area contributed by atoms with Gasteiger partial charge in [-0.3, -0.25) is 0 Å². The third-order valence-corrected chi connectivity index (χ3v) is 2.86. The van der Waals surface area contributed by atoms with Crippen molar-refractivity contribution in [3.63, 3.8) is 0 Å². The van der Waals surface area contributed by atoms with E-state index in [2.05, 4.69) is 42.3 Å². The van der Waals surface area contributed by atoms with E-state index in [4.69, 9.17) is 0 Å². The van der Waals surface area contributed by atoms with Crippen molar-refractivity contribution in [1.29, 1.82) is 0 Å². The van der Waals surface area contributed by atoms with E-state index in [0.717, 1.165) is 24.2 Å². The second-order valence-corrected chi connectivity index (χ2v) is 3.81. The second-order valence-electron chi connectivity index (χ2n) is 3.81. The van der Waals surface area contributed by atoms with Crippen LogP contribution in [0.2, 0.25) is 0 Å². The number of rotatable bonds is 0. The normalized spacial score (nSPS) is 16.5. The minimum atomic E-state index is 0.936. The number of hydrogen-bond donors (Lipinski definition) is 0. The molecule has 1 nitrogen and oxygen atoms in total. The fraction of sp³-hybridized carbons (Fsp3) is 0.231. The van der Waals surface area contributed by atoms with Gasteiger partial charge in [0.15, 0.2) is 0 Å². The Labute approximate surface area is 85.4 Å². The standard InChI is InChI=1S/C13H15N/c1-10-8-12-6-4-5-7-13(12)9-11(2)14(10)3/h4-7H,1-2,8-9H2,3H3. The van der Waals surface area contributed by atoms with Crippen LogP contribution in [0.15, 0.2) is 48.8 Å². The molecule has 1 heteroatoms. The van der Waals surface area contributed by atoms with Crippen molar-refractivity contribution in [3.8, 4) is 0 Å². The van der Waals surface area contributed by atoms with E-state index in [0.29, 0.717) is 0 Å². The molecule has 0 aliphatic carbocycles. The minimum Gasteiger partial charge on any atom is -0.352 e. The molecule has 1 aliphatic rings. The van der Waals surface area contributed by atoms with Gasteiger partial charge in [-0.2, -0.15) is 0 Å². The van der Waals surface area contributed by atoms with Gasteiger partial charge in [0.2, 0.25) is 0 Å². The molecule has 0 unspecified atom stereocenters. The molecule has 1 aromatic rings. The van der Waals surface area contributed by atoms with Crippen LogP contribution in [-0.4, -0.2) is 11.9 Å². The first-order valence-electron chi connectivity index (χ1n) is 4.84. The summed E-state index contributed by atoms with van der Waals surface area (Å²) in [5, 5.41) is 0. The maximum Gasteiger partial charge on any atom is 0.0145 e. The van der Waals surface area contributed by atoms with Crippen molar-refractivity contribution in [1.82, 2.24) is 4.90 Å². The number of fused-ring (bicyclic) bond motifs is 1. The lowest BCUT2D eigenvalue weighted by Crippen LogP contribution is -2.15. The van der Waals surface area contributed by atoms with Gasteiger partial charge in [0.1, 0.15) is 0 Å². The Morgan fingerprint density at radius 2 is 1.43 bits per heavy atom. The van der Waals surface area contributed by atoms with Crippen LogP contribution in [0.3, 0.4) is 0 Å². The van der Waals surface area contributed by atoms with Gasteiger partial charge < -0.3 is 4.90 Å². The molecule has 0 saturated carbocycles. The third kappa shape index (κ3) is 1.46. The zero-order valence-electron chi connectivity index (χ0n) is 8.59. The van der Waals surface area contributed by atoms with Crippen LogP contribution in [0.4, 0.5) is 0 Å². The summed E-state index contributed by atoms with van der Waals surface area (Å²) in [6.45, 7) is 8.14. The lowest BCUT2D eigenvalue weighted by atomic mass is 10.0. The van der Waals surface area contributed by atoms with Gasteiger partial charge >= 0.3 is 0 Å². The molecule has 72 valence electrons. The van der Waals surface area contributed by atoms with Crippen LogP contribution in [0, 0.1) is 0 Å². The van der Waals surface area contributed by atoms with Crippen molar-refractivity contribution in [2.24, 2.45) is 0 Å². The van der Waals surface area contributed by atoms with Crippen LogP contribution in [0.5, 0.6) is 0 Å². The van der Waals surface area contributed by atoms with E-state index in [9.17, 15) is 0 Å². The Morgan fingerprint density at radius 1 is 1.00 bits per heavy atom. The largest absolute Gasteiger partial charge is 0.352 e. The number of likely N-dealkylation sites (N-methyl/N-ethyl adjacent to an activating group) is 1. The maximum absolute atomic E-state index is 4.07. The van der Waals surface area contributed by atoms with E-state index in [-0.39, 0.29) is 0 Å². The number of allylic oxidation sites excluding steroid dienone is 2. The fourth-order valence-electron chi connectivity index (χ4n) is 1.80. The van der Waals surface area contributed by atoms with Crippen molar-refractivity contribution in [3.05, 3.63) is 59.9 Å². The Hall–Kier alpha value is -1.50. The van der Waals surface area contributed by atoms with Crippen LogP contribution in [0.25, 0.3) is 0 Å². The molecule has 0 bridgehead atoms. The number of benzene rings is 1. The summed E-state index contributed by atoms with van der Waals surface area (Å²) < 4.78 is 0. The summed E-state index contributed by atoms with van der Waals surface area (Å²) in [5.41, 5.74) is 5.01. The van der Waals surface area contributed by atoms with Gasteiger partial charge in [-0.25, -0.2) is 0 Å². The predicted octanol–water partition coefficient (Wildman–Crippen LogP) is 2.74. The third-order valence-electron chi connectivity index (χ3n) is 2.86. The number of hydrogen-bond acceptors (Lipinski definition) is 1. The SMILES string of the molecule is C=C1Cc2ccccc2CC(=C)N1C. The summed E-state index contributed by atoms with van der Waals surface area (Å²) in [6, 6.07) is 8.51. The summed E-state index contributed by atoms with van der Waals surface area (Å²) >= 11 is 0. The lowest BCUT2D eigenvalue weighted by Gasteiger charge is -2.20. The maximum atomic E-state index is 4.07. The van der Waals surface area contributed by atoms with E-state index >= 15 is 0 Å². The van der Waals surface area contributed by atoms with Gasteiger partial charge in [0, 0.05) is 31.3 Å². The predicted molar refractivity (Wildman–Crippen MR) is 59.9 cm³/mol. The molecule has 1 heterocycles. The second kappa shape index (κ2) is 3.33. The Morgan fingerprint density at radius 3 is 1.86 bits per heavy atom. The quantitative estimate of drug-likeness (QED) is 0.600. The highest BCUT2D eigenvalue weighted by Gasteiger charge is 2.15. The molecule has 0 amide bonds. The molecular weight excluding hydrogens is 170 g/mol. The molecule has 1 aliphatic heterocycles. The summed E-state index contributed by atoms with van der Waals surface area (Å²) in [5.74, 6) is 0. The molecule has 2 rings (SSSR count).